The Hall–Kier alpha value is -5.55. The van der Waals surface area contributed by atoms with Crippen molar-refractivity contribution in [1.82, 2.24) is 4.98 Å². The predicted octanol–water partition coefficient (Wildman–Crippen LogP) is 8.68. The monoisotopic (exact) mass is 709 g/mol. The number of ether oxygens (including phenoxy) is 7. The number of thioether (sulfide) groups is 1. The summed E-state index contributed by atoms with van der Waals surface area (Å²) in [6.45, 7) is 0.277. The van der Waals surface area contributed by atoms with E-state index in [2.05, 4.69) is 12.1 Å². The molecule has 11 heteroatoms. The first kappa shape index (κ1) is 35.3. The quantitative estimate of drug-likeness (QED) is 0.0755. The lowest BCUT2D eigenvalue weighted by molar-refractivity contribution is 0.301. The number of methoxy groups -OCH3 is 6. The standard InChI is InChI=1S/C40H39NO9S/c1-43-26-13-11-12-24(18-26)30-23-35(28-14-7-8-15-29(28)41-30)51-17-10-9-16-49-40-37(42)36-31(45-3)21-27(44-2)22-32(36)50-38(40)25-19-33(46-4)39(48-6)34(20-25)47-5/h7-8,11-15,18-23H,9-10,16-17H2,1-6H3. The zero-order valence-corrected chi connectivity index (χ0v) is 30.2. The van der Waals surface area contributed by atoms with Crippen molar-refractivity contribution in [3.63, 3.8) is 0 Å². The third-order valence-electron chi connectivity index (χ3n) is 8.36. The Balaban J connectivity index is 1.26. The van der Waals surface area contributed by atoms with Crippen LogP contribution < -0.4 is 38.6 Å². The molecule has 0 fully saturated rings. The lowest BCUT2D eigenvalue weighted by atomic mass is 10.1. The van der Waals surface area contributed by atoms with Crippen LogP contribution in [-0.4, -0.2) is 60.0 Å². The molecule has 0 aliphatic rings. The molecule has 4 aromatic carbocycles. The molecule has 0 aliphatic heterocycles. The number of rotatable bonds is 15. The molecule has 6 aromatic rings. The van der Waals surface area contributed by atoms with E-state index in [1.54, 1.807) is 43.1 Å². The van der Waals surface area contributed by atoms with E-state index in [0.717, 1.165) is 45.0 Å². The highest BCUT2D eigenvalue weighted by Crippen LogP contribution is 2.44. The number of fused-ring (bicyclic) bond motifs is 2. The molecule has 0 aliphatic carbocycles. The summed E-state index contributed by atoms with van der Waals surface area (Å²) in [6, 6.07) is 24.9. The molecule has 51 heavy (non-hydrogen) atoms. The Bertz CT molecular complexity index is 2210. The summed E-state index contributed by atoms with van der Waals surface area (Å²) in [5, 5.41) is 1.34. The fourth-order valence-corrected chi connectivity index (χ4v) is 6.90. The van der Waals surface area contributed by atoms with Crippen molar-refractivity contribution in [3.05, 3.63) is 89.1 Å². The first-order valence-corrected chi connectivity index (χ1v) is 17.2. The molecular formula is C40H39NO9S. The molecule has 0 unspecified atom stereocenters. The van der Waals surface area contributed by atoms with Gasteiger partial charge in [0.15, 0.2) is 17.3 Å². The van der Waals surface area contributed by atoms with Crippen molar-refractivity contribution in [2.75, 3.05) is 55.0 Å². The number of aromatic nitrogens is 1. The highest BCUT2D eigenvalue weighted by Gasteiger charge is 2.24. The predicted molar refractivity (Wildman–Crippen MR) is 200 cm³/mol. The second-order valence-electron chi connectivity index (χ2n) is 11.4. The summed E-state index contributed by atoms with van der Waals surface area (Å²) in [5.41, 5.74) is 3.21. The Kier molecular flexibility index (Phi) is 11.1. The maximum Gasteiger partial charge on any atom is 0.239 e. The number of nitrogens with zero attached hydrogens (tertiary/aromatic N) is 1. The largest absolute Gasteiger partial charge is 0.497 e. The number of hydrogen-bond donors (Lipinski definition) is 0. The maximum absolute atomic E-state index is 14.1. The zero-order chi connectivity index (χ0) is 35.9. The minimum absolute atomic E-state index is 0.0518. The molecule has 6 rings (SSSR count). The molecular weight excluding hydrogens is 671 g/mol. The van der Waals surface area contributed by atoms with Gasteiger partial charge in [0.1, 0.15) is 28.2 Å². The fourth-order valence-electron chi connectivity index (χ4n) is 5.81. The first-order valence-electron chi connectivity index (χ1n) is 16.3. The van der Waals surface area contributed by atoms with Gasteiger partial charge in [0, 0.05) is 33.5 Å². The molecule has 0 saturated heterocycles. The van der Waals surface area contributed by atoms with Crippen LogP contribution in [-0.2, 0) is 0 Å². The van der Waals surface area contributed by atoms with E-state index in [0.29, 0.717) is 40.7 Å². The van der Waals surface area contributed by atoms with Gasteiger partial charge in [0.25, 0.3) is 0 Å². The molecule has 0 bridgehead atoms. The number of pyridine rings is 1. The second-order valence-corrected chi connectivity index (χ2v) is 12.5. The summed E-state index contributed by atoms with van der Waals surface area (Å²) in [6.07, 6.45) is 1.51. The van der Waals surface area contributed by atoms with E-state index in [-0.39, 0.29) is 34.5 Å². The van der Waals surface area contributed by atoms with Crippen LogP contribution in [0.5, 0.6) is 40.2 Å². The van der Waals surface area contributed by atoms with Crippen LogP contribution in [0, 0.1) is 0 Å². The van der Waals surface area contributed by atoms with Crippen LogP contribution in [0.25, 0.3) is 44.5 Å². The van der Waals surface area contributed by atoms with Gasteiger partial charge in [-0.25, -0.2) is 4.98 Å². The first-order chi connectivity index (χ1) is 24.9. The molecule has 2 heterocycles. The van der Waals surface area contributed by atoms with E-state index in [4.69, 9.17) is 42.6 Å². The molecule has 0 radical (unpaired) electrons. The van der Waals surface area contributed by atoms with Gasteiger partial charge in [0.05, 0.1) is 60.5 Å². The highest BCUT2D eigenvalue weighted by atomic mass is 32.2. The molecule has 0 amide bonds. The van der Waals surface area contributed by atoms with Crippen molar-refractivity contribution in [2.45, 2.75) is 17.7 Å². The van der Waals surface area contributed by atoms with Gasteiger partial charge in [-0.3, -0.25) is 4.79 Å². The van der Waals surface area contributed by atoms with E-state index in [1.807, 2.05) is 42.5 Å². The van der Waals surface area contributed by atoms with Crippen molar-refractivity contribution in [1.29, 1.82) is 0 Å². The Morgan fingerprint density at radius 1 is 0.667 bits per heavy atom. The topological polar surface area (TPSA) is 108 Å². The van der Waals surface area contributed by atoms with Crippen LogP contribution in [0.3, 0.4) is 0 Å². The molecule has 0 saturated carbocycles. The van der Waals surface area contributed by atoms with Crippen LogP contribution in [0.2, 0.25) is 0 Å². The zero-order valence-electron chi connectivity index (χ0n) is 29.4. The average molecular weight is 710 g/mol. The van der Waals surface area contributed by atoms with Crippen molar-refractivity contribution in [2.24, 2.45) is 0 Å². The van der Waals surface area contributed by atoms with Crippen molar-refractivity contribution < 1.29 is 37.6 Å². The summed E-state index contributed by atoms with van der Waals surface area (Å²) in [5.74, 6) is 3.88. The third-order valence-corrected chi connectivity index (χ3v) is 9.50. The van der Waals surface area contributed by atoms with Gasteiger partial charge in [-0.2, -0.15) is 0 Å². The van der Waals surface area contributed by atoms with E-state index in [9.17, 15) is 4.79 Å². The molecule has 2 aromatic heterocycles. The summed E-state index contributed by atoms with van der Waals surface area (Å²) in [4.78, 5) is 20.2. The second kappa shape index (κ2) is 16.0. The summed E-state index contributed by atoms with van der Waals surface area (Å²) in [7, 11) is 9.26. The van der Waals surface area contributed by atoms with Crippen LogP contribution in [0.1, 0.15) is 12.8 Å². The number of benzene rings is 4. The fraction of sp³-hybridized carbons (Fsp3) is 0.250. The highest BCUT2D eigenvalue weighted by molar-refractivity contribution is 7.99. The number of para-hydroxylation sites is 1. The van der Waals surface area contributed by atoms with Crippen LogP contribution >= 0.6 is 11.8 Å². The van der Waals surface area contributed by atoms with Crippen molar-refractivity contribution >= 4 is 33.6 Å². The third kappa shape index (κ3) is 7.34. The van der Waals surface area contributed by atoms with Gasteiger partial charge >= 0.3 is 0 Å². The van der Waals surface area contributed by atoms with E-state index in [1.165, 1.54) is 35.5 Å². The van der Waals surface area contributed by atoms with Gasteiger partial charge in [-0.1, -0.05) is 30.3 Å². The maximum atomic E-state index is 14.1. The normalized spacial score (nSPS) is 11.0. The molecule has 0 spiro atoms. The van der Waals surface area contributed by atoms with Gasteiger partial charge < -0.3 is 37.6 Å². The number of unbranched alkanes of at least 4 members (excludes halogenated alkanes) is 1. The lowest BCUT2D eigenvalue weighted by Gasteiger charge is -2.17. The lowest BCUT2D eigenvalue weighted by Crippen LogP contribution is -2.12. The van der Waals surface area contributed by atoms with Crippen molar-refractivity contribution in [3.8, 4) is 62.8 Å². The molecule has 264 valence electrons. The van der Waals surface area contributed by atoms with Crippen LogP contribution in [0.15, 0.2) is 93.0 Å². The van der Waals surface area contributed by atoms with Gasteiger partial charge in [0.2, 0.25) is 16.9 Å². The van der Waals surface area contributed by atoms with E-state index >= 15 is 0 Å². The Morgan fingerprint density at radius 2 is 1.41 bits per heavy atom. The minimum atomic E-state index is -0.373. The molecule has 0 N–H and O–H groups in total. The molecule has 0 atom stereocenters. The molecule has 10 nitrogen and oxygen atoms in total. The SMILES string of the molecule is COc1cccc(-c2cc(SCCCCOc3c(-c4cc(OC)c(OC)c(OC)c4)oc4cc(OC)cc(OC)c4c3=O)c3ccccc3n2)c1. The van der Waals surface area contributed by atoms with Gasteiger partial charge in [-0.05, 0) is 55.0 Å². The Labute approximate surface area is 300 Å². The number of hydrogen-bond acceptors (Lipinski definition) is 11. The Morgan fingerprint density at radius 3 is 2.12 bits per heavy atom. The van der Waals surface area contributed by atoms with E-state index < -0.39 is 0 Å². The smallest absolute Gasteiger partial charge is 0.239 e. The summed E-state index contributed by atoms with van der Waals surface area (Å²) >= 11 is 1.76. The minimum Gasteiger partial charge on any atom is -0.497 e. The average Bonchev–Trinajstić information content (AvgIpc) is 3.18. The van der Waals surface area contributed by atoms with Crippen LogP contribution in [0.4, 0.5) is 0 Å². The summed E-state index contributed by atoms with van der Waals surface area (Å²) < 4.78 is 45.8. The van der Waals surface area contributed by atoms with Gasteiger partial charge in [-0.15, -0.1) is 11.8 Å².